The van der Waals surface area contributed by atoms with Crippen LogP contribution < -0.4 is 14.8 Å². The van der Waals surface area contributed by atoms with Crippen molar-refractivity contribution in [2.75, 3.05) is 5.32 Å². The van der Waals surface area contributed by atoms with Crippen molar-refractivity contribution in [1.82, 2.24) is 15.4 Å². The molecule has 23 heavy (non-hydrogen) atoms. The molecule has 0 saturated heterocycles. The first-order chi connectivity index (χ1) is 11.2. The van der Waals surface area contributed by atoms with Gasteiger partial charge in [0.1, 0.15) is 17.1 Å². The van der Waals surface area contributed by atoms with Crippen molar-refractivity contribution in [1.29, 1.82) is 0 Å². The number of nitrogens with zero attached hydrogens (tertiary/aromatic N) is 2. The van der Waals surface area contributed by atoms with Gasteiger partial charge in [0, 0.05) is 5.69 Å². The average molecular weight is 310 g/mol. The van der Waals surface area contributed by atoms with Gasteiger partial charge in [0.25, 0.3) is 5.91 Å². The van der Waals surface area contributed by atoms with E-state index in [1.807, 2.05) is 18.2 Å². The zero-order valence-corrected chi connectivity index (χ0v) is 12.3. The predicted octanol–water partition coefficient (Wildman–Crippen LogP) is 2.12. The topological polar surface area (TPSA) is 89.1 Å². The molecule has 2 N–H and O–H groups in total. The fourth-order valence-electron chi connectivity index (χ4n) is 2.54. The van der Waals surface area contributed by atoms with E-state index < -0.39 is 6.10 Å². The average Bonchev–Trinajstić information content (AvgIpc) is 3.01. The molecule has 116 valence electrons. The second kappa shape index (κ2) is 5.28. The van der Waals surface area contributed by atoms with Gasteiger partial charge in [0.05, 0.1) is 0 Å². The van der Waals surface area contributed by atoms with E-state index in [9.17, 15) is 4.79 Å². The molecule has 4 rings (SSSR count). The van der Waals surface area contributed by atoms with Gasteiger partial charge < -0.3 is 14.8 Å². The minimum atomic E-state index is -0.724. The Labute approximate surface area is 131 Å². The van der Waals surface area contributed by atoms with Gasteiger partial charge in [-0.1, -0.05) is 12.1 Å². The summed E-state index contributed by atoms with van der Waals surface area (Å²) in [6.07, 6.45) is -1.11. The van der Waals surface area contributed by atoms with E-state index in [0.717, 1.165) is 5.52 Å². The molecule has 2 aromatic carbocycles. The molecule has 1 aliphatic heterocycles. The fourth-order valence-corrected chi connectivity index (χ4v) is 2.54. The molecule has 7 nitrogen and oxygen atoms in total. The van der Waals surface area contributed by atoms with E-state index in [4.69, 9.17) is 9.47 Å². The molecule has 0 spiro atoms. The van der Waals surface area contributed by atoms with Crippen molar-refractivity contribution in [3.8, 4) is 11.5 Å². The lowest BCUT2D eigenvalue weighted by Crippen LogP contribution is -2.46. The number of carbonyl (C=O) groups excluding carboxylic acids is 1. The van der Waals surface area contributed by atoms with Crippen LogP contribution in [-0.4, -0.2) is 33.5 Å². The number of amides is 1. The first kappa shape index (κ1) is 13.6. The van der Waals surface area contributed by atoms with Crippen LogP contribution in [0, 0.1) is 0 Å². The van der Waals surface area contributed by atoms with E-state index in [-0.39, 0.29) is 12.0 Å². The number of aromatic nitrogens is 3. The van der Waals surface area contributed by atoms with Crippen LogP contribution in [0.4, 0.5) is 5.69 Å². The van der Waals surface area contributed by atoms with Crippen LogP contribution in [0.3, 0.4) is 0 Å². The molecular weight excluding hydrogens is 296 g/mol. The molecule has 2 atom stereocenters. The molecule has 1 aromatic heterocycles. The molecular formula is C16H14N4O3. The Morgan fingerprint density at radius 3 is 2.65 bits per heavy atom. The molecule has 0 saturated carbocycles. The van der Waals surface area contributed by atoms with Crippen molar-refractivity contribution in [3.05, 3.63) is 42.5 Å². The summed E-state index contributed by atoms with van der Waals surface area (Å²) in [6, 6.07) is 12.6. The maximum absolute atomic E-state index is 12.5. The number of nitrogens with one attached hydrogen (secondary N) is 2. The normalized spacial score (nSPS) is 19.5. The Balaban J connectivity index is 1.54. The third kappa shape index (κ3) is 2.46. The lowest BCUT2D eigenvalue weighted by molar-refractivity contribution is -0.128. The monoisotopic (exact) mass is 310 g/mol. The zero-order chi connectivity index (χ0) is 15.8. The molecule has 2 heterocycles. The maximum atomic E-state index is 12.5. The summed E-state index contributed by atoms with van der Waals surface area (Å²) in [5, 5.41) is 13.3. The van der Waals surface area contributed by atoms with E-state index in [1.54, 1.807) is 31.2 Å². The van der Waals surface area contributed by atoms with Crippen molar-refractivity contribution in [2.24, 2.45) is 0 Å². The lowest BCUT2D eigenvalue weighted by Gasteiger charge is -2.30. The van der Waals surface area contributed by atoms with Crippen molar-refractivity contribution in [2.45, 2.75) is 19.1 Å². The molecule has 0 radical (unpaired) electrons. The second-order valence-corrected chi connectivity index (χ2v) is 5.32. The van der Waals surface area contributed by atoms with Gasteiger partial charge in [0.15, 0.2) is 11.5 Å². The number of benzene rings is 2. The third-order valence-corrected chi connectivity index (χ3v) is 3.68. The van der Waals surface area contributed by atoms with Gasteiger partial charge in [-0.2, -0.15) is 15.4 Å². The Morgan fingerprint density at radius 1 is 1.09 bits per heavy atom. The Hall–Kier alpha value is -3.09. The highest BCUT2D eigenvalue weighted by Gasteiger charge is 2.34. The molecule has 0 fully saturated rings. The fraction of sp³-hybridized carbons (Fsp3) is 0.188. The number of hydrogen-bond donors (Lipinski definition) is 2. The number of para-hydroxylation sites is 2. The minimum absolute atomic E-state index is 0.269. The largest absolute Gasteiger partial charge is 0.482 e. The summed E-state index contributed by atoms with van der Waals surface area (Å²) < 4.78 is 11.5. The maximum Gasteiger partial charge on any atom is 0.269 e. The number of hydrogen-bond acceptors (Lipinski definition) is 5. The van der Waals surface area contributed by atoms with Crippen LogP contribution >= 0.6 is 0 Å². The number of carbonyl (C=O) groups is 1. The smallest absolute Gasteiger partial charge is 0.269 e. The van der Waals surface area contributed by atoms with Crippen molar-refractivity contribution < 1.29 is 14.3 Å². The van der Waals surface area contributed by atoms with Crippen LogP contribution in [-0.2, 0) is 4.79 Å². The summed E-state index contributed by atoms with van der Waals surface area (Å²) in [4.78, 5) is 12.5. The summed E-state index contributed by atoms with van der Waals surface area (Å²) >= 11 is 0. The zero-order valence-electron chi connectivity index (χ0n) is 12.3. The van der Waals surface area contributed by atoms with Gasteiger partial charge in [-0.05, 0) is 37.3 Å². The van der Waals surface area contributed by atoms with Crippen LogP contribution in [0.5, 0.6) is 11.5 Å². The van der Waals surface area contributed by atoms with E-state index in [1.165, 1.54) is 0 Å². The molecule has 0 unspecified atom stereocenters. The standard InChI is InChI=1S/C16H14N4O3/c1-9-15(23-14-5-3-2-4-13(14)22-9)16(21)17-10-6-7-11-12(8-10)19-20-18-11/h2-9,15H,1H3,(H,17,21)(H,18,19,20)/t9-,15+/m1/s1. The van der Waals surface area contributed by atoms with Crippen molar-refractivity contribution >= 4 is 22.6 Å². The summed E-state index contributed by atoms with van der Waals surface area (Å²) in [5.41, 5.74) is 2.05. The Kier molecular flexibility index (Phi) is 3.11. The lowest BCUT2D eigenvalue weighted by atomic mass is 10.1. The van der Waals surface area contributed by atoms with E-state index in [0.29, 0.717) is 22.7 Å². The summed E-state index contributed by atoms with van der Waals surface area (Å²) in [5.74, 6) is 0.945. The molecule has 7 heteroatoms. The number of anilines is 1. The summed E-state index contributed by atoms with van der Waals surface area (Å²) in [6.45, 7) is 1.81. The Morgan fingerprint density at radius 2 is 1.83 bits per heavy atom. The highest BCUT2D eigenvalue weighted by molar-refractivity contribution is 5.96. The van der Waals surface area contributed by atoms with Gasteiger partial charge in [-0.25, -0.2) is 0 Å². The Bertz CT molecular complexity index is 876. The molecule has 1 aliphatic rings. The molecule has 0 aliphatic carbocycles. The quantitative estimate of drug-likeness (QED) is 0.757. The highest BCUT2D eigenvalue weighted by Crippen LogP contribution is 2.33. The first-order valence-electron chi connectivity index (χ1n) is 7.24. The second-order valence-electron chi connectivity index (χ2n) is 5.32. The number of H-pyrrole nitrogens is 1. The number of ether oxygens (including phenoxy) is 2. The van der Waals surface area contributed by atoms with Gasteiger partial charge in [-0.3, -0.25) is 4.79 Å². The SMILES string of the molecule is C[C@H]1Oc2ccccc2O[C@@H]1C(=O)Nc1ccc2n[nH]nc2c1. The molecule has 0 bridgehead atoms. The van der Waals surface area contributed by atoms with E-state index in [2.05, 4.69) is 20.7 Å². The van der Waals surface area contributed by atoms with Gasteiger partial charge in [0.2, 0.25) is 6.10 Å². The minimum Gasteiger partial charge on any atom is -0.482 e. The molecule has 1 amide bonds. The highest BCUT2D eigenvalue weighted by atomic mass is 16.6. The first-order valence-corrected chi connectivity index (χ1v) is 7.24. The van der Waals surface area contributed by atoms with Crippen molar-refractivity contribution in [3.63, 3.8) is 0 Å². The van der Waals surface area contributed by atoms with E-state index >= 15 is 0 Å². The number of fused-ring (bicyclic) bond motifs is 2. The third-order valence-electron chi connectivity index (χ3n) is 3.68. The number of aromatic amines is 1. The van der Waals surface area contributed by atoms with Gasteiger partial charge in [-0.15, -0.1) is 0 Å². The van der Waals surface area contributed by atoms with Crippen LogP contribution in [0.25, 0.3) is 11.0 Å². The number of rotatable bonds is 2. The summed E-state index contributed by atoms with van der Waals surface area (Å²) in [7, 11) is 0. The van der Waals surface area contributed by atoms with Gasteiger partial charge >= 0.3 is 0 Å². The predicted molar refractivity (Wildman–Crippen MR) is 83.5 cm³/mol. The molecule has 3 aromatic rings. The van der Waals surface area contributed by atoms with Crippen LogP contribution in [0.2, 0.25) is 0 Å². The van der Waals surface area contributed by atoms with Crippen LogP contribution in [0.1, 0.15) is 6.92 Å². The van der Waals surface area contributed by atoms with Crippen LogP contribution in [0.15, 0.2) is 42.5 Å².